The molecule has 0 aliphatic heterocycles. The smallest absolute Gasteiger partial charge is 0.265 e. The third kappa shape index (κ3) is 3.17. The molecule has 0 radical (unpaired) electrons. The molecule has 0 saturated heterocycles. The standard InChI is InChI=1S/C13H15NO4S2/c1-9-13(7-11(8-15)18-9)20(16,17)14-10-3-5-12(19-2)6-4-10/h3-7,14-15H,8H2,1-2H3. The van der Waals surface area contributed by atoms with Gasteiger partial charge in [0.1, 0.15) is 23.0 Å². The molecule has 0 aliphatic rings. The summed E-state index contributed by atoms with van der Waals surface area (Å²) >= 11 is 1.58. The van der Waals surface area contributed by atoms with Crippen LogP contribution in [0.1, 0.15) is 11.5 Å². The van der Waals surface area contributed by atoms with Crippen LogP contribution in [0.25, 0.3) is 0 Å². The van der Waals surface area contributed by atoms with Gasteiger partial charge in [0.15, 0.2) is 0 Å². The van der Waals surface area contributed by atoms with Crippen molar-refractivity contribution in [1.82, 2.24) is 0 Å². The number of sulfonamides is 1. The van der Waals surface area contributed by atoms with Crippen molar-refractivity contribution < 1.29 is 17.9 Å². The van der Waals surface area contributed by atoms with Gasteiger partial charge in [-0.1, -0.05) is 0 Å². The molecule has 0 bridgehead atoms. The van der Waals surface area contributed by atoms with Gasteiger partial charge in [-0.15, -0.1) is 11.8 Å². The number of hydrogen-bond donors (Lipinski definition) is 2. The minimum absolute atomic E-state index is 0.0375. The molecule has 20 heavy (non-hydrogen) atoms. The van der Waals surface area contributed by atoms with Crippen LogP contribution < -0.4 is 4.72 Å². The van der Waals surface area contributed by atoms with Crippen molar-refractivity contribution in [2.75, 3.05) is 11.0 Å². The molecule has 5 nitrogen and oxygen atoms in total. The summed E-state index contributed by atoms with van der Waals surface area (Å²) in [6.07, 6.45) is 1.95. The normalized spacial score (nSPS) is 11.6. The van der Waals surface area contributed by atoms with Crippen molar-refractivity contribution in [3.8, 4) is 0 Å². The minimum atomic E-state index is -3.71. The first kappa shape index (κ1) is 15.0. The molecule has 0 atom stereocenters. The van der Waals surface area contributed by atoms with E-state index in [1.807, 2.05) is 18.4 Å². The Kier molecular flexibility index (Phi) is 4.42. The van der Waals surface area contributed by atoms with Gasteiger partial charge in [-0.05, 0) is 37.4 Å². The number of nitrogens with one attached hydrogen (secondary N) is 1. The summed E-state index contributed by atoms with van der Waals surface area (Å²) in [6, 6.07) is 8.40. The highest BCUT2D eigenvalue weighted by Crippen LogP contribution is 2.24. The van der Waals surface area contributed by atoms with E-state index in [-0.39, 0.29) is 23.0 Å². The fourth-order valence-electron chi connectivity index (χ4n) is 1.74. The number of aliphatic hydroxyl groups is 1. The lowest BCUT2D eigenvalue weighted by atomic mass is 10.3. The lowest BCUT2D eigenvalue weighted by Crippen LogP contribution is -2.13. The first-order chi connectivity index (χ1) is 9.46. The second-order valence-corrected chi connectivity index (χ2v) is 6.66. The summed E-state index contributed by atoms with van der Waals surface area (Å²) < 4.78 is 32.1. The van der Waals surface area contributed by atoms with Gasteiger partial charge >= 0.3 is 0 Å². The number of hydrogen-bond acceptors (Lipinski definition) is 5. The van der Waals surface area contributed by atoms with Crippen LogP contribution in [-0.4, -0.2) is 19.8 Å². The fourth-order valence-corrected chi connectivity index (χ4v) is 3.41. The lowest BCUT2D eigenvalue weighted by molar-refractivity contribution is 0.245. The van der Waals surface area contributed by atoms with E-state index in [9.17, 15) is 8.42 Å². The molecule has 1 heterocycles. The molecule has 0 aliphatic carbocycles. The third-order valence-electron chi connectivity index (χ3n) is 2.71. The van der Waals surface area contributed by atoms with E-state index in [2.05, 4.69) is 4.72 Å². The number of aryl methyl sites for hydroxylation is 1. The molecule has 1 aromatic heterocycles. The topological polar surface area (TPSA) is 79.5 Å². The number of anilines is 1. The maximum Gasteiger partial charge on any atom is 0.265 e. The first-order valence-corrected chi connectivity index (χ1v) is 8.54. The molecule has 0 unspecified atom stereocenters. The van der Waals surface area contributed by atoms with Crippen molar-refractivity contribution >= 4 is 27.5 Å². The number of thioether (sulfide) groups is 1. The molecular formula is C13H15NO4S2. The van der Waals surface area contributed by atoms with E-state index in [1.54, 1.807) is 30.8 Å². The van der Waals surface area contributed by atoms with Crippen LogP contribution in [0.2, 0.25) is 0 Å². The van der Waals surface area contributed by atoms with Crippen molar-refractivity contribution in [2.24, 2.45) is 0 Å². The molecular weight excluding hydrogens is 298 g/mol. The summed E-state index contributed by atoms with van der Waals surface area (Å²) in [5, 5.41) is 8.98. The Morgan fingerprint density at radius 2 is 1.95 bits per heavy atom. The second kappa shape index (κ2) is 5.90. The van der Waals surface area contributed by atoms with Gasteiger partial charge in [-0.25, -0.2) is 8.42 Å². The fraction of sp³-hybridized carbons (Fsp3) is 0.231. The Balaban J connectivity index is 2.27. The average Bonchev–Trinajstić information content (AvgIpc) is 2.81. The van der Waals surface area contributed by atoms with Crippen LogP contribution in [0.5, 0.6) is 0 Å². The zero-order chi connectivity index (χ0) is 14.8. The maximum atomic E-state index is 12.2. The number of rotatable bonds is 5. The van der Waals surface area contributed by atoms with Gasteiger partial charge in [0.25, 0.3) is 10.0 Å². The molecule has 2 N–H and O–H groups in total. The summed E-state index contributed by atoms with van der Waals surface area (Å²) in [6.45, 7) is 1.21. The van der Waals surface area contributed by atoms with Crippen molar-refractivity contribution in [2.45, 2.75) is 23.3 Å². The third-order valence-corrected chi connectivity index (χ3v) is 4.94. The quantitative estimate of drug-likeness (QED) is 0.829. The highest BCUT2D eigenvalue weighted by molar-refractivity contribution is 7.98. The molecule has 0 amide bonds. The van der Waals surface area contributed by atoms with Crippen LogP contribution in [-0.2, 0) is 16.6 Å². The van der Waals surface area contributed by atoms with E-state index in [0.717, 1.165) is 4.90 Å². The Morgan fingerprint density at radius 3 is 2.45 bits per heavy atom. The molecule has 2 aromatic rings. The summed E-state index contributed by atoms with van der Waals surface area (Å²) in [5.41, 5.74) is 0.481. The number of aliphatic hydroxyl groups excluding tert-OH is 1. The lowest BCUT2D eigenvalue weighted by Gasteiger charge is -2.07. The average molecular weight is 313 g/mol. The molecule has 0 saturated carbocycles. The van der Waals surface area contributed by atoms with E-state index < -0.39 is 10.0 Å². The van der Waals surface area contributed by atoms with Crippen LogP contribution >= 0.6 is 11.8 Å². The summed E-state index contributed by atoms with van der Waals surface area (Å²) in [4.78, 5) is 1.09. The zero-order valence-electron chi connectivity index (χ0n) is 11.1. The summed E-state index contributed by atoms with van der Waals surface area (Å²) in [7, 11) is -3.71. The Morgan fingerprint density at radius 1 is 1.30 bits per heavy atom. The van der Waals surface area contributed by atoms with Gasteiger partial charge in [0, 0.05) is 16.6 Å². The van der Waals surface area contributed by atoms with E-state index in [4.69, 9.17) is 9.52 Å². The van der Waals surface area contributed by atoms with Gasteiger partial charge in [0.05, 0.1) is 0 Å². The van der Waals surface area contributed by atoms with Crippen LogP contribution in [0, 0.1) is 6.92 Å². The van der Waals surface area contributed by atoms with Gasteiger partial charge in [0.2, 0.25) is 0 Å². The van der Waals surface area contributed by atoms with Crippen LogP contribution in [0.15, 0.2) is 44.5 Å². The minimum Gasteiger partial charge on any atom is -0.462 e. The van der Waals surface area contributed by atoms with Crippen molar-refractivity contribution in [1.29, 1.82) is 0 Å². The van der Waals surface area contributed by atoms with E-state index >= 15 is 0 Å². The van der Waals surface area contributed by atoms with E-state index in [1.165, 1.54) is 6.07 Å². The molecule has 0 spiro atoms. The van der Waals surface area contributed by atoms with Crippen LogP contribution in [0.3, 0.4) is 0 Å². The molecule has 2 rings (SSSR count). The Hall–Kier alpha value is -1.44. The maximum absolute atomic E-state index is 12.2. The summed E-state index contributed by atoms with van der Waals surface area (Å²) in [5.74, 6) is 0.475. The van der Waals surface area contributed by atoms with Gasteiger partial charge in [-0.2, -0.15) is 0 Å². The predicted octanol–water partition coefficient (Wildman–Crippen LogP) is 2.60. The predicted molar refractivity (Wildman–Crippen MR) is 78.4 cm³/mol. The SMILES string of the molecule is CSc1ccc(NS(=O)(=O)c2cc(CO)oc2C)cc1. The molecule has 1 aromatic carbocycles. The monoisotopic (exact) mass is 313 g/mol. The van der Waals surface area contributed by atoms with Crippen LogP contribution in [0.4, 0.5) is 5.69 Å². The first-order valence-electron chi connectivity index (χ1n) is 5.83. The van der Waals surface area contributed by atoms with Crippen molar-refractivity contribution in [3.05, 3.63) is 41.9 Å². The highest BCUT2D eigenvalue weighted by Gasteiger charge is 2.21. The largest absolute Gasteiger partial charge is 0.462 e. The van der Waals surface area contributed by atoms with Gasteiger partial charge in [-0.3, -0.25) is 4.72 Å². The zero-order valence-corrected chi connectivity index (χ0v) is 12.7. The van der Waals surface area contributed by atoms with Crippen molar-refractivity contribution in [3.63, 3.8) is 0 Å². The Bertz CT molecular complexity index is 690. The number of furan rings is 1. The molecule has 0 fully saturated rings. The van der Waals surface area contributed by atoms with Gasteiger partial charge < -0.3 is 9.52 Å². The molecule has 7 heteroatoms. The second-order valence-electron chi connectivity index (χ2n) is 4.13. The Labute approximate surface area is 122 Å². The highest BCUT2D eigenvalue weighted by atomic mass is 32.2. The molecule has 108 valence electrons. The number of benzene rings is 1. The van der Waals surface area contributed by atoms with E-state index in [0.29, 0.717) is 5.69 Å².